The molecule has 1 aromatic carbocycles. The van der Waals surface area contributed by atoms with E-state index >= 15 is 0 Å². The number of amides is 1. The number of carbonyl (C=O) groups excluding carboxylic acids is 3. The van der Waals surface area contributed by atoms with E-state index in [1.807, 2.05) is 24.3 Å². The molecule has 2 aliphatic rings. The minimum atomic E-state index is -0.947. The summed E-state index contributed by atoms with van der Waals surface area (Å²) < 4.78 is 33.2. The first-order chi connectivity index (χ1) is 17.3. The maximum Gasteiger partial charge on any atom is 0.509 e. The van der Waals surface area contributed by atoms with Crippen molar-refractivity contribution in [3.05, 3.63) is 29.8 Å². The Morgan fingerprint density at radius 3 is 2.16 bits per heavy atom. The van der Waals surface area contributed by atoms with Gasteiger partial charge in [-0.2, -0.15) is 0 Å². The van der Waals surface area contributed by atoms with E-state index in [9.17, 15) is 14.4 Å². The van der Waals surface area contributed by atoms with Crippen molar-refractivity contribution >= 4 is 18.2 Å². The van der Waals surface area contributed by atoms with Crippen molar-refractivity contribution in [3.8, 4) is 5.75 Å². The first kappa shape index (κ1) is 28.6. The van der Waals surface area contributed by atoms with Crippen LogP contribution in [0.1, 0.15) is 53.5 Å². The van der Waals surface area contributed by atoms with E-state index in [4.69, 9.17) is 28.4 Å². The Labute approximate surface area is 218 Å². The maximum absolute atomic E-state index is 13.3. The molecule has 37 heavy (non-hydrogen) atoms. The fourth-order valence-electron chi connectivity index (χ4n) is 4.23. The zero-order valence-corrected chi connectivity index (χ0v) is 22.8. The molecular formula is C27H39NO9. The van der Waals surface area contributed by atoms with Gasteiger partial charge in [0, 0.05) is 6.61 Å². The molecule has 2 aliphatic heterocycles. The summed E-state index contributed by atoms with van der Waals surface area (Å²) in [4.78, 5) is 40.3. The lowest BCUT2D eigenvalue weighted by molar-refractivity contribution is -0.160. The third kappa shape index (κ3) is 8.24. The molecule has 206 valence electrons. The van der Waals surface area contributed by atoms with Gasteiger partial charge in [0.05, 0.1) is 32.2 Å². The Morgan fingerprint density at radius 1 is 0.973 bits per heavy atom. The molecule has 10 nitrogen and oxygen atoms in total. The number of carbonyl (C=O) groups is 3. The van der Waals surface area contributed by atoms with Crippen molar-refractivity contribution in [3.63, 3.8) is 0 Å². The molecule has 0 bridgehead atoms. The Morgan fingerprint density at radius 2 is 1.62 bits per heavy atom. The molecule has 1 aromatic rings. The highest BCUT2D eigenvalue weighted by Gasteiger charge is 2.50. The summed E-state index contributed by atoms with van der Waals surface area (Å²) in [7, 11) is 1.58. The number of hydrogen-bond acceptors (Lipinski definition) is 9. The number of esters is 1. The highest BCUT2D eigenvalue weighted by molar-refractivity contribution is 5.74. The SMILES string of the molecule is COc1ccc(C[C@@H]2[C@H](OC(=O)C3CCOC3)[C@@H](OC(=O)OC(C)(C)C)CN2C(=O)OC(C)(C)C)cc1. The standard InChI is InChI=1S/C27H39NO9/c1-26(2,3)36-24(30)28-15-21(34-25(31)37-27(4,5)6)22(35-23(29)18-12-13-33-16-18)20(28)14-17-8-10-19(32-7)11-9-17/h8-11,18,20-22H,12-16H2,1-7H3/t18?,20-,21+,22+/m1/s1. The second kappa shape index (κ2) is 11.6. The van der Waals surface area contributed by atoms with Crippen molar-refractivity contribution < 1.29 is 42.8 Å². The van der Waals surface area contributed by atoms with Gasteiger partial charge in [0.2, 0.25) is 0 Å². The van der Waals surface area contributed by atoms with Crippen molar-refractivity contribution in [2.45, 2.75) is 83.8 Å². The number of hydrogen-bond donors (Lipinski definition) is 0. The fourth-order valence-corrected chi connectivity index (χ4v) is 4.23. The molecule has 0 N–H and O–H groups in total. The summed E-state index contributed by atoms with van der Waals surface area (Å²) in [5, 5.41) is 0. The lowest BCUT2D eigenvalue weighted by Crippen LogP contribution is -2.45. The number of likely N-dealkylation sites (tertiary alicyclic amines) is 1. The number of benzene rings is 1. The van der Waals surface area contributed by atoms with Crippen LogP contribution in [0.25, 0.3) is 0 Å². The smallest absolute Gasteiger partial charge is 0.497 e. The van der Waals surface area contributed by atoms with Crippen molar-refractivity contribution in [1.82, 2.24) is 4.90 Å². The summed E-state index contributed by atoms with van der Waals surface area (Å²) >= 11 is 0. The predicted octanol–water partition coefficient (Wildman–Crippen LogP) is 4.13. The van der Waals surface area contributed by atoms with Crippen LogP contribution in [0.5, 0.6) is 5.75 Å². The Hall–Kier alpha value is -3.01. The second-order valence-electron chi connectivity index (χ2n) is 11.3. The first-order valence-electron chi connectivity index (χ1n) is 12.6. The van der Waals surface area contributed by atoms with E-state index in [2.05, 4.69) is 0 Å². The number of ether oxygens (including phenoxy) is 6. The molecular weight excluding hydrogens is 482 g/mol. The van der Waals surface area contributed by atoms with Crippen LogP contribution in [0.15, 0.2) is 24.3 Å². The molecule has 0 spiro atoms. The summed E-state index contributed by atoms with van der Waals surface area (Å²) in [6.45, 7) is 11.2. The van der Waals surface area contributed by atoms with Gasteiger partial charge in [-0.1, -0.05) is 12.1 Å². The molecule has 1 unspecified atom stereocenters. The molecule has 0 aliphatic carbocycles. The normalized spacial score (nSPS) is 23.9. The fraction of sp³-hybridized carbons (Fsp3) is 0.667. The summed E-state index contributed by atoms with van der Waals surface area (Å²) in [6, 6.07) is 6.72. The van der Waals surface area contributed by atoms with Gasteiger partial charge >= 0.3 is 18.2 Å². The van der Waals surface area contributed by atoms with Crippen molar-refractivity contribution in [2.75, 3.05) is 26.9 Å². The zero-order chi connectivity index (χ0) is 27.4. The molecule has 2 heterocycles. The van der Waals surface area contributed by atoms with Gasteiger partial charge in [0.1, 0.15) is 17.0 Å². The molecule has 3 rings (SSSR count). The average molecular weight is 522 g/mol. The van der Waals surface area contributed by atoms with Gasteiger partial charge < -0.3 is 28.4 Å². The van der Waals surface area contributed by atoms with Gasteiger partial charge in [-0.25, -0.2) is 9.59 Å². The van der Waals surface area contributed by atoms with E-state index in [1.54, 1.807) is 48.7 Å². The Kier molecular flexibility index (Phi) is 8.94. The van der Waals surface area contributed by atoms with Crippen molar-refractivity contribution in [1.29, 1.82) is 0 Å². The van der Waals surface area contributed by atoms with Gasteiger partial charge in [0.25, 0.3) is 0 Å². The van der Waals surface area contributed by atoms with E-state index in [-0.39, 0.29) is 13.2 Å². The van der Waals surface area contributed by atoms with Crippen LogP contribution in [-0.4, -0.2) is 79.4 Å². The van der Waals surface area contributed by atoms with Crippen LogP contribution < -0.4 is 4.74 Å². The highest BCUT2D eigenvalue weighted by Crippen LogP contribution is 2.31. The number of nitrogens with zero attached hydrogens (tertiary/aromatic N) is 1. The molecule has 10 heteroatoms. The molecule has 0 radical (unpaired) electrons. The molecule has 0 saturated carbocycles. The quantitative estimate of drug-likeness (QED) is 0.403. The summed E-state index contributed by atoms with van der Waals surface area (Å²) in [6.07, 6.45) is -2.51. The van der Waals surface area contributed by atoms with E-state index in [1.165, 1.54) is 4.90 Å². The predicted molar refractivity (Wildman–Crippen MR) is 133 cm³/mol. The monoisotopic (exact) mass is 521 g/mol. The van der Waals surface area contributed by atoms with E-state index in [0.29, 0.717) is 25.2 Å². The highest BCUT2D eigenvalue weighted by atomic mass is 16.7. The van der Waals surface area contributed by atoms with Crippen LogP contribution in [-0.2, 0) is 34.9 Å². The van der Waals surface area contributed by atoms with Gasteiger partial charge in [-0.3, -0.25) is 9.69 Å². The van der Waals surface area contributed by atoms with Crippen LogP contribution in [0.4, 0.5) is 9.59 Å². The van der Waals surface area contributed by atoms with Crippen molar-refractivity contribution in [2.24, 2.45) is 5.92 Å². The molecule has 2 fully saturated rings. The van der Waals surface area contributed by atoms with Gasteiger partial charge in [-0.05, 0) is 72.1 Å². The van der Waals surface area contributed by atoms with Crippen LogP contribution >= 0.6 is 0 Å². The topological polar surface area (TPSA) is 110 Å². The number of rotatable bonds is 6. The molecule has 4 atom stereocenters. The maximum atomic E-state index is 13.3. The lowest BCUT2D eigenvalue weighted by Gasteiger charge is -2.30. The zero-order valence-electron chi connectivity index (χ0n) is 22.8. The lowest BCUT2D eigenvalue weighted by atomic mass is 10.0. The average Bonchev–Trinajstić information content (AvgIpc) is 3.42. The van der Waals surface area contributed by atoms with E-state index < -0.39 is 53.6 Å². The first-order valence-corrected chi connectivity index (χ1v) is 12.6. The van der Waals surface area contributed by atoms with Crippen LogP contribution in [0.3, 0.4) is 0 Å². The minimum absolute atomic E-state index is 0.0198. The number of methoxy groups -OCH3 is 1. The minimum Gasteiger partial charge on any atom is -0.497 e. The molecule has 0 aromatic heterocycles. The molecule has 1 amide bonds. The largest absolute Gasteiger partial charge is 0.509 e. The van der Waals surface area contributed by atoms with Gasteiger partial charge in [-0.15, -0.1) is 0 Å². The van der Waals surface area contributed by atoms with Crippen LogP contribution in [0, 0.1) is 5.92 Å². The van der Waals surface area contributed by atoms with E-state index in [0.717, 1.165) is 5.56 Å². The second-order valence-corrected chi connectivity index (χ2v) is 11.3. The summed E-state index contributed by atoms with van der Waals surface area (Å²) in [5.74, 6) is -0.181. The Balaban J connectivity index is 1.92. The molecule has 2 saturated heterocycles. The van der Waals surface area contributed by atoms with Crippen LogP contribution in [0.2, 0.25) is 0 Å². The Bertz CT molecular complexity index is 942. The third-order valence-electron chi connectivity index (χ3n) is 5.91. The van der Waals surface area contributed by atoms with Gasteiger partial charge in [0.15, 0.2) is 12.2 Å². The third-order valence-corrected chi connectivity index (χ3v) is 5.91. The summed E-state index contributed by atoms with van der Waals surface area (Å²) in [5.41, 5.74) is -0.655.